The van der Waals surface area contributed by atoms with Crippen molar-refractivity contribution in [1.82, 2.24) is 0 Å². The van der Waals surface area contributed by atoms with Crippen molar-refractivity contribution in [2.24, 2.45) is 5.73 Å². The number of ether oxygens (including phenoxy) is 1. The molecule has 0 bridgehead atoms. The molecule has 1 rings (SSSR count). The molecule has 0 unspecified atom stereocenters. The second-order valence-electron chi connectivity index (χ2n) is 3.53. The molecular weight excluding hydrogens is 218 g/mol. The predicted octanol–water partition coefficient (Wildman–Crippen LogP) is 1.91. The van der Waals surface area contributed by atoms with Gasteiger partial charge in [-0.05, 0) is 30.7 Å². The van der Waals surface area contributed by atoms with E-state index in [2.05, 4.69) is 6.58 Å². The van der Waals surface area contributed by atoms with Crippen LogP contribution in [0.4, 0.5) is 0 Å². The van der Waals surface area contributed by atoms with Gasteiger partial charge in [-0.3, -0.25) is 4.79 Å². The Morgan fingerprint density at radius 1 is 1.35 bits per heavy atom. The highest BCUT2D eigenvalue weighted by molar-refractivity contribution is 5.95. The lowest BCUT2D eigenvalue weighted by molar-refractivity contribution is 0.0389. The molecule has 0 saturated heterocycles. The number of nitrogens with two attached hydrogens (primary N) is 1. The Bertz CT molecular complexity index is 423. The highest BCUT2D eigenvalue weighted by atomic mass is 16.5. The van der Waals surface area contributed by atoms with Crippen molar-refractivity contribution in [3.05, 3.63) is 48.0 Å². The van der Waals surface area contributed by atoms with Crippen LogP contribution in [-0.4, -0.2) is 18.0 Å². The van der Waals surface area contributed by atoms with Gasteiger partial charge in [0, 0.05) is 5.56 Å². The maximum atomic E-state index is 11.7. The minimum absolute atomic E-state index is 0.293. The fourth-order valence-corrected chi connectivity index (χ4v) is 1.27. The van der Waals surface area contributed by atoms with Gasteiger partial charge in [0.25, 0.3) is 0 Å². The Labute approximate surface area is 100 Å². The molecule has 1 aromatic rings. The van der Waals surface area contributed by atoms with Crippen LogP contribution in [-0.2, 0) is 4.74 Å². The maximum Gasteiger partial charge on any atom is 0.338 e. The van der Waals surface area contributed by atoms with Crippen LogP contribution in [0.5, 0.6) is 0 Å². The summed E-state index contributed by atoms with van der Waals surface area (Å²) in [6.45, 7) is 5.48. The number of hydrogen-bond acceptors (Lipinski definition) is 3. The van der Waals surface area contributed by atoms with Crippen LogP contribution in [0.15, 0.2) is 36.9 Å². The molecular formula is C13H15NO3. The van der Waals surface area contributed by atoms with Gasteiger partial charge in [0.1, 0.15) is 6.10 Å². The van der Waals surface area contributed by atoms with E-state index in [1.807, 2.05) is 6.92 Å². The normalized spacial score (nSPS) is 11.6. The zero-order chi connectivity index (χ0) is 12.8. The highest BCUT2D eigenvalue weighted by Crippen LogP contribution is 2.08. The second kappa shape index (κ2) is 5.84. The Balaban J connectivity index is 2.76. The van der Waals surface area contributed by atoms with E-state index in [1.54, 1.807) is 6.08 Å². The molecule has 1 aromatic carbocycles. The largest absolute Gasteiger partial charge is 0.455 e. The molecule has 0 aliphatic carbocycles. The van der Waals surface area contributed by atoms with Crippen molar-refractivity contribution in [2.45, 2.75) is 19.4 Å². The topological polar surface area (TPSA) is 69.4 Å². The van der Waals surface area contributed by atoms with Gasteiger partial charge in [-0.25, -0.2) is 4.79 Å². The van der Waals surface area contributed by atoms with Gasteiger partial charge in [0.15, 0.2) is 0 Å². The van der Waals surface area contributed by atoms with E-state index in [9.17, 15) is 9.59 Å². The van der Waals surface area contributed by atoms with E-state index in [1.165, 1.54) is 24.3 Å². The van der Waals surface area contributed by atoms with Crippen molar-refractivity contribution in [3.8, 4) is 0 Å². The van der Waals surface area contributed by atoms with Crippen LogP contribution >= 0.6 is 0 Å². The summed E-state index contributed by atoms with van der Waals surface area (Å²) in [6.07, 6.45) is 1.96. The predicted molar refractivity (Wildman–Crippen MR) is 64.7 cm³/mol. The Kier molecular flexibility index (Phi) is 4.46. The van der Waals surface area contributed by atoms with Gasteiger partial charge in [-0.1, -0.05) is 19.6 Å². The van der Waals surface area contributed by atoms with Crippen molar-refractivity contribution >= 4 is 11.9 Å². The smallest absolute Gasteiger partial charge is 0.338 e. The van der Waals surface area contributed by atoms with Gasteiger partial charge < -0.3 is 10.5 Å². The van der Waals surface area contributed by atoms with Gasteiger partial charge in [-0.2, -0.15) is 0 Å². The standard InChI is InChI=1S/C13H15NO3/c1-3-11(4-2)17-13(16)10-7-5-9(6-8-10)12(14)15/h3,5-8,11H,1,4H2,2H3,(H2,14,15)/t11-/m1/s1. The molecule has 0 heterocycles. The average molecular weight is 233 g/mol. The lowest BCUT2D eigenvalue weighted by atomic mass is 10.1. The van der Waals surface area contributed by atoms with E-state index in [4.69, 9.17) is 10.5 Å². The second-order valence-corrected chi connectivity index (χ2v) is 3.53. The maximum absolute atomic E-state index is 11.7. The molecule has 17 heavy (non-hydrogen) atoms. The van der Waals surface area contributed by atoms with Crippen LogP contribution < -0.4 is 5.73 Å². The first-order chi connectivity index (χ1) is 8.08. The monoisotopic (exact) mass is 233 g/mol. The Morgan fingerprint density at radius 3 is 2.29 bits per heavy atom. The Morgan fingerprint density at radius 2 is 1.88 bits per heavy atom. The van der Waals surface area contributed by atoms with E-state index >= 15 is 0 Å². The summed E-state index contributed by atoms with van der Waals surface area (Å²) in [5.41, 5.74) is 5.84. The molecule has 0 aliphatic heterocycles. The van der Waals surface area contributed by atoms with Crippen molar-refractivity contribution in [2.75, 3.05) is 0 Å². The van der Waals surface area contributed by atoms with E-state index in [0.717, 1.165) is 0 Å². The molecule has 0 saturated carbocycles. The number of benzene rings is 1. The third-order valence-corrected chi connectivity index (χ3v) is 2.33. The summed E-state index contributed by atoms with van der Waals surface area (Å²) >= 11 is 0. The number of hydrogen-bond donors (Lipinski definition) is 1. The molecule has 0 fully saturated rings. The summed E-state index contributed by atoms with van der Waals surface area (Å²) in [6, 6.07) is 6.01. The van der Waals surface area contributed by atoms with Gasteiger partial charge >= 0.3 is 5.97 Å². The summed E-state index contributed by atoms with van der Waals surface area (Å²) in [5, 5.41) is 0. The number of esters is 1. The SMILES string of the molecule is C=C[C@H](CC)OC(=O)c1ccc(C(N)=O)cc1. The van der Waals surface area contributed by atoms with Crippen LogP contribution in [0.25, 0.3) is 0 Å². The average Bonchev–Trinajstić information content (AvgIpc) is 2.35. The van der Waals surface area contributed by atoms with Crippen LogP contribution in [0.2, 0.25) is 0 Å². The summed E-state index contributed by atoms with van der Waals surface area (Å²) in [5.74, 6) is -0.963. The van der Waals surface area contributed by atoms with E-state index in [-0.39, 0.29) is 6.10 Å². The quantitative estimate of drug-likeness (QED) is 0.623. The third kappa shape index (κ3) is 3.45. The fraction of sp³-hybridized carbons (Fsp3) is 0.231. The lowest BCUT2D eigenvalue weighted by Crippen LogP contribution is -2.15. The minimum Gasteiger partial charge on any atom is -0.455 e. The number of rotatable bonds is 5. The minimum atomic E-state index is -0.526. The van der Waals surface area contributed by atoms with E-state index < -0.39 is 11.9 Å². The van der Waals surface area contributed by atoms with Crippen LogP contribution in [0.3, 0.4) is 0 Å². The van der Waals surface area contributed by atoms with Gasteiger partial charge in [0.05, 0.1) is 5.56 Å². The van der Waals surface area contributed by atoms with Crippen molar-refractivity contribution < 1.29 is 14.3 Å². The van der Waals surface area contributed by atoms with Crippen LogP contribution in [0, 0.1) is 0 Å². The first kappa shape index (κ1) is 13.0. The molecule has 4 heteroatoms. The summed E-state index contributed by atoms with van der Waals surface area (Å²) in [7, 11) is 0. The van der Waals surface area contributed by atoms with Crippen LogP contribution in [0.1, 0.15) is 34.1 Å². The van der Waals surface area contributed by atoms with E-state index in [0.29, 0.717) is 17.5 Å². The first-order valence-electron chi connectivity index (χ1n) is 5.32. The number of primary amides is 1. The Hall–Kier alpha value is -2.10. The molecule has 90 valence electrons. The zero-order valence-electron chi connectivity index (χ0n) is 9.68. The highest BCUT2D eigenvalue weighted by Gasteiger charge is 2.12. The third-order valence-electron chi connectivity index (χ3n) is 2.33. The van der Waals surface area contributed by atoms with Crippen molar-refractivity contribution in [1.29, 1.82) is 0 Å². The molecule has 0 aromatic heterocycles. The molecule has 0 spiro atoms. The summed E-state index contributed by atoms with van der Waals surface area (Å²) < 4.78 is 5.16. The van der Waals surface area contributed by atoms with Gasteiger partial charge in [-0.15, -0.1) is 0 Å². The number of amides is 1. The fourth-order valence-electron chi connectivity index (χ4n) is 1.27. The number of carbonyl (C=O) groups is 2. The van der Waals surface area contributed by atoms with Crippen molar-refractivity contribution in [3.63, 3.8) is 0 Å². The number of carbonyl (C=O) groups excluding carboxylic acids is 2. The first-order valence-corrected chi connectivity index (χ1v) is 5.32. The molecule has 2 N–H and O–H groups in total. The zero-order valence-corrected chi connectivity index (χ0v) is 9.68. The molecule has 1 amide bonds. The summed E-state index contributed by atoms with van der Waals surface area (Å²) in [4.78, 5) is 22.5. The molecule has 1 atom stereocenters. The molecule has 4 nitrogen and oxygen atoms in total. The molecule has 0 aliphatic rings. The lowest BCUT2D eigenvalue weighted by Gasteiger charge is -2.11. The van der Waals surface area contributed by atoms with Gasteiger partial charge in [0.2, 0.25) is 5.91 Å². The molecule has 0 radical (unpaired) electrons.